The molecule has 2 aromatic rings. The fourth-order valence-corrected chi connectivity index (χ4v) is 13.5. The van der Waals surface area contributed by atoms with Crippen molar-refractivity contribution in [2.75, 3.05) is 39.8 Å². The number of esters is 1. The lowest BCUT2D eigenvalue weighted by molar-refractivity contribution is -0.162. The predicted octanol–water partition coefficient (Wildman–Crippen LogP) is -3.05. The van der Waals surface area contributed by atoms with Gasteiger partial charge in [0.25, 0.3) is 11.8 Å². The number of aliphatic hydroxyl groups excluding tert-OH is 5. The first kappa shape index (κ1) is 86.3. The molecule has 13 amide bonds. The van der Waals surface area contributed by atoms with E-state index in [1.165, 1.54) is 55.0 Å². The zero-order chi connectivity index (χ0) is 79.1. The molecule has 0 aliphatic carbocycles. The number of ether oxygens (including phenoxy) is 1. The first-order chi connectivity index (χ1) is 50.7. The molecule has 34 heteroatoms. The number of nitrogens with one attached hydrogen (secondary N) is 8. The summed E-state index contributed by atoms with van der Waals surface area (Å²) in [5, 5.41) is 87.0. The average molecular weight is 1500 g/mol. The van der Waals surface area contributed by atoms with Crippen LogP contribution in [-0.4, -0.2) is 264 Å². The smallest absolute Gasteiger partial charge is 0.329 e. The number of amides is 13. The number of phenols is 1. The number of aliphatic hydroxyl groups is 5. The first-order valence-electron chi connectivity index (χ1n) is 36.5. The number of phenolic OH excluding ortho intramolecular Hbond substituents is 1. The Kier molecular flexibility index (Phi) is 33.0. The third-order valence-electron chi connectivity index (χ3n) is 19.9. The van der Waals surface area contributed by atoms with Crippen molar-refractivity contribution in [1.82, 2.24) is 62.1 Å². The minimum absolute atomic E-state index is 0.0116. The van der Waals surface area contributed by atoms with Crippen LogP contribution < -0.4 is 48.3 Å². The van der Waals surface area contributed by atoms with Crippen molar-refractivity contribution in [3.05, 3.63) is 77.5 Å². The quantitative estimate of drug-likeness (QED) is 0.0411. The van der Waals surface area contributed by atoms with Gasteiger partial charge >= 0.3 is 5.97 Å². The Balaban J connectivity index is 1.45. The number of nitrogens with zero attached hydrogens (tertiary/aromatic N) is 4. The number of nitrogens with two attached hydrogens (primary N) is 1. The van der Waals surface area contributed by atoms with E-state index in [-0.39, 0.29) is 82.7 Å². The van der Waals surface area contributed by atoms with Gasteiger partial charge in [-0.3, -0.25) is 62.3 Å². The van der Waals surface area contributed by atoms with Crippen molar-refractivity contribution >= 4 is 82.8 Å². The summed E-state index contributed by atoms with van der Waals surface area (Å²) in [6.07, 6.45) is -9.60. The molecule has 4 heterocycles. The molecule has 16 unspecified atom stereocenters. The number of likely N-dealkylation sites (N-methyl/N-ethyl adjacent to an activating group) is 1. The van der Waals surface area contributed by atoms with Crippen LogP contribution >= 0.6 is 0 Å². The van der Waals surface area contributed by atoms with Crippen LogP contribution in [0.4, 0.5) is 0 Å². The van der Waals surface area contributed by atoms with Crippen molar-refractivity contribution in [3.8, 4) is 5.75 Å². The molecule has 4 aliphatic rings. The van der Waals surface area contributed by atoms with Crippen LogP contribution in [0.2, 0.25) is 0 Å². The lowest BCUT2D eigenvalue weighted by Gasteiger charge is -2.34. The molecule has 0 bridgehead atoms. The molecule has 107 heavy (non-hydrogen) atoms. The number of carbonyl (C=O) groups is 14. The molecule has 0 aromatic heterocycles. The number of benzene rings is 2. The second-order valence-electron chi connectivity index (χ2n) is 28.4. The number of hydrogen-bond acceptors (Lipinski definition) is 21. The average Bonchev–Trinajstić information content (AvgIpc) is 1.68. The third kappa shape index (κ3) is 24.4. The van der Waals surface area contributed by atoms with Gasteiger partial charge in [0.2, 0.25) is 65.0 Å². The minimum Gasteiger partial charge on any atom is -0.508 e. The largest absolute Gasteiger partial charge is 0.508 e. The minimum atomic E-state index is -2.51. The van der Waals surface area contributed by atoms with Gasteiger partial charge < -0.3 is 103 Å². The van der Waals surface area contributed by atoms with Crippen LogP contribution in [0.3, 0.4) is 0 Å². The van der Waals surface area contributed by atoms with Gasteiger partial charge in [-0.05, 0) is 113 Å². The summed E-state index contributed by atoms with van der Waals surface area (Å²) >= 11 is 0. The molecular formula is C73H107N13O21. The van der Waals surface area contributed by atoms with Crippen LogP contribution in [-0.2, 0) is 84.7 Å². The van der Waals surface area contributed by atoms with E-state index in [2.05, 4.69) is 42.5 Å². The Hall–Kier alpha value is -9.64. The van der Waals surface area contributed by atoms with Gasteiger partial charge in [0.15, 0.2) is 6.10 Å². The zero-order valence-electron chi connectivity index (χ0n) is 61.9. The SMILES string of the molecule is CC=C1NC(=O)C(CO)NC(=O)C(C(C)CC)NC(=O)C2CCCN2C(=O)C2CCCN2C(=O)CNC(=O)C(CCC(N)=O)NC(=O)C(O)C(CC(CC(O)C(O)CC(C)C)OC(=O)C(Cc2ccc(O)cc2)N(C)C(C)=O)NC(=O)C2CCCN2C(=O)C(CCc2ccccc2)NC(=O)C(C(C)O)NC1=O. The van der Waals surface area contributed by atoms with Crippen molar-refractivity contribution in [3.63, 3.8) is 0 Å². The molecule has 2 aromatic carbocycles. The molecule has 4 fully saturated rings. The van der Waals surface area contributed by atoms with Crippen LogP contribution in [0.15, 0.2) is 66.4 Å². The molecule has 0 spiro atoms. The molecule has 6 rings (SSSR count). The second-order valence-corrected chi connectivity index (χ2v) is 28.4. The highest BCUT2D eigenvalue weighted by atomic mass is 16.5. The van der Waals surface area contributed by atoms with E-state index in [0.29, 0.717) is 30.4 Å². The topological polar surface area (TPSA) is 505 Å². The summed E-state index contributed by atoms with van der Waals surface area (Å²) in [4.78, 5) is 204. The fourth-order valence-electron chi connectivity index (χ4n) is 13.5. The van der Waals surface area contributed by atoms with Gasteiger partial charge in [-0.25, -0.2) is 4.79 Å². The summed E-state index contributed by atoms with van der Waals surface area (Å²) in [5.41, 5.74) is 6.14. The normalized spacial score (nSPS) is 26.1. The molecule has 590 valence electrons. The van der Waals surface area contributed by atoms with E-state index in [9.17, 15) is 88.2 Å². The van der Waals surface area contributed by atoms with Crippen molar-refractivity contribution < 1.29 is 102 Å². The lowest BCUT2D eigenvalue weighted by atomic mass is 9.93. The predicted molar refractivity (Wildman–Crippen MR) is 383 cm³/mol. The van der Waals surface area contributed by atoms with Crippen molar-refractivity contribution in [2.45, 2.75) is 236 Å². The third-order valence-corrected chi connectivity index (χ3v) is 19.9. The van der Waals surface area contributed by atoms with Gasteiger partial charge in [-0.15, -0.1) is 0 Å². The Labute approximate surface area is 621 Å². The number of aromatic hydroxyl groups is 1. The summed E-state index contributed by atoms with van der Waals surface area (Å²) in [5.74, 6) is -14.6. The van der Waals surface area contributed by atoms with Gasteiger partial charge in [-0.1, -0.05) is 82.7 Å². The van der Waals surface area contributed by atoms with Crippen LogP contribution in [0, 0.1) is 11.8 Å². The molecule has 4 aliphatic heterocycles. The lowest BCUT2D eigenvalue weighted by Crippen LogP contribution is -2.61. The standard InChI is InChI=1S/C73H107N13O21/c1-9-40(5)60-68(101)80-51(38-87)65(98)76-47(10-2)64(97)82-61(41(6)88)69(102)78-49(27-24-43-17-12-11-13-18-43)71(104)85-31-14-19-52(85)66(99)79-50(35-46(36-57(92)56(91)33-39(3)4)107-73(106)55(83(8)42(7)89)34-44-22-25-45(90)26-23-44)62(95)70(103)77-48(28-29-58(74)93)63(96)75-37-59(94)84-30-16-21-54(84)72(105)86-32-15-20-53(86)67(100)81-60/h10-13,17-18,22-23,25-26,39-41,46,48-57,60-62,87-88,90-92,95H,9,14-16,19-21,24,27-38H2,1-8H3,(H2,74,93)(H,75,96)(H,76,98)(H,77,103)(H,78,102)(H,79,99)(H,80,101)(H,81,100)(H,82,97). The second kappa shape index (κ2) is 40.9. The van der Waals surface area contributed by atoms with E-state index in [1.54, 1.807) is 58.0 Å². The number of aryl methyl sites for hydroxylation is 1. The monoisotopic (exact) mass is 1500 g/mol. The summed E-state index contributed by atoms with van der Waals surface area (Å²) in [7, 11) is 1.31. The molecule has 4 saturated heterocycles. The highest BCUT2D eigenvalue weighted by molar-refractivity contribution is 6.03. The Morgan fingerprint density at radius 1 is 0.654 bits per heavy atom. The van der Waals surface area contributed by atoms with Crippen LogP contribution in [0.1, 0.15) is 143 Å². The molecule has 16 N–H and O–H groups in total. The maximum Gasteiger partial charge on any atom is 0.329 e. The number of rotatable bonds is 22. The molecule has 16 atom stereocenters. The van der Waals surface area contributed by atoms with Gasteiger partial charge in [-0.2, -0.15) is 0 Å². The first-order valence-corrected chi connectivity index (χ1v) is 36.5. The summed E-state index contributed by atoms with van der Waals surface area (Å²) < 4.78 is 6.12. The number of fused-ring (bicyclic) bond motifs is 3. The van der Waals surface area contributed by atoms with E-state index >= 15 is 9.59 Å². The number of primary amides is 1. The van der Waals surface area contributed by atoms with E-state index in [4.69, 9.17) is 10.5 Å². The van der Waals surface area contributed by atoms with E-state index < -0.39 is 224 Å². The number of allylic oxidation sites excluding steroid dienone is 1. The maximum absolute atomic E-state index is 15.3. The number of hydrogen-bond donors (Lipinski definition) is 15. The molecule has 0 saturated carbocycles. The van der Waals surface area contributed by atoms with Gasteiger partial charge in [0.05, 0.1) is 37.5 Å². The molecule has 0 radical (unpaired) electrons. The van der Waals surface area contributed by atoms with E-state index in [0.717, 1.165) is 22.8 Å². The van der Waals surface area contributed by atoms with Gasteiger partial charge in [0.1, 0.15) is 71.9 Å². The Morgan fingerprint density at radius 2 is 1.22 bits per heavy atom. The highest BCUT2D eigenvalue weighted by Gasteiger charge is 2.46. The summed E-state index contributed by atoms with van der Waals surface area (Å²) in [6.45, 7) is 8.62. The fraction of sp³-hybridized carbons (Fsp3) is 0.616. The van der Waals surface area contributed by atoms with Crippen molar-refractivity contribution in [1.29, 1.82) is 0 Å². The zero-order valence-corrected chi connectivity index (χ0v) is 61.9. The van der Waals surface area contributed by atoms with Crippen molar-refractivity contribution in [2.24, 2.45) is 17.6 Å². The van der Waals surface area contributed by atoms with Crippen LogP contribution in [0.5, 0.6) is 5.75 Å². The molecule has 34 nitrogen and oxygen atoms in total. The molecular weight excluding hydrogens is 1390 g/mol. The number of carbonyl (C=O) groups excluding carboxylic acids is 14. The summed E-state index contributed by atoms with van der Waals surface area (Å²) in [6, 6.07) is -1.23. The van der Waals surface area contributed by atoms with Crippen LogP contribution in [0.25, 0.3) is 0 Å². The highest BCUT2D eigenvalue weighted by Crippen LogP contribution is 2.28. The Morgan fingerprint density at radius 3 is 1.80 bits per heavy atom. The maximum atomic E-state index is 15.3. The Bertz CT molecular complexity index is 3510. The van der Waals surface area contributed by atoms with Gasteiger partial charge in [0, 0.05) is 59.3 Å². The van der Waals surface area contributed by atoms with E-state index in [1.807, 2.05) is 0 Å².